The summed E-state index contributed by atoms with van der Waals surface area (Å²) in [6.45, 7) is 2.48. The number of nitriles is 1. The Bertz CT molecular complexity index is 372. The van der Waals surface area contributed by atoms with Gasteiger partial charge in [-0.1, -0.05) is 0 Å². The number of rotatable bonds is 3. The third kappa shape index (κ3) is 1.51. The average Bonchev–Trinajstić information content (AvgIpc) is 2.95. The van der Waals surface area contributed by atoms with Crippen LogP contribution >= 0.6 is 0 Å². The molecule has 1 aromatic rings. The maximum absolute atomic E-state index is 9.08. The predicted molar refractivity (Wildman–Crippen MR) is 52.2 cm³/mol. The SMILES string of the molecule is Cc1nccn1CC(N)(C#N)C1CC1. The smallest absolute Gasteiger partial charge is 0.125 e. The molecule has 1 aliphatic rings. The first kappa shape index (κ1) is 9.22. The van der Waals surface area contributed by atoms with E-state index in [4.69, 9.17) is 11.0 Å². The number of nitrogens with zero attached hydrogens (tertiary/aromatic N) is 3. The zero-order valence-electron chi connectivity index (χ0n) is 8.27. The standard InChI is InChI=1S/C10H14N4/c1-8-13-4-5-14(8)7-10(12,6-11)9-2-3-9/h4-5,9H,2-3,7,12H2,1H3. The maximum atomic E-state index is 9.08. The topological polar surface area (TPSA) is 67.6 Å². The Morgan fingerprint density at radius 1 is 1.79 bits per heavy atom. The van der Waals surface area contributed by atoms with Crippen LogP contribution in [0.2, 0.25) is 0 Å². The van der Waals surface area contributed by atoms with Gasteiger partial charge in [0.2, 0.25) is 0 Å². The molecule has 4 nitrogen and oxygen atoms in total. The summed E-state index contributed by atoms with van der Waals surface area (Å²) >= 11 is 0. The Morgan fingerprint density at radius 3 is 2.93 bits per heavy atom. The fourth-order valence-electron chi connectivity index (χ4n) is 1.71. The molecule has 1 unspecified atom stereocenters. The van der Waals surface area contributed by atoms with Crippen LogP contribution in [0.4, 0.5) is 0 Å². The molecule has 0 bridgehead atoms. The fraction of sp³-hybridized carbons (Fsp3) is 0.600. The quantitative estimate of drug-likeness (QED) is 0.767. The predicted octanol–water partition coefficient (Wildman–Crippen LogP) is 0.823. The highest BCUT2D eigenvalue weighted by atomic mass is 15.1. The molecule has 0 saturated heterocycles. The molecule has 4 heteroatoms. The highest BCUT2D eigenvalue weighted by Crippen LogP contribution is 2.38. The van der Waals surface area contributed by atoms with Crippen molar-refractivity contribution in [1.29, 1.82) is 5.26 Å². The third-order valence-corrected chi connectivity index (χ3v) is 2.87. The number of imidazole rings is 1. The lowest BCUT2D eigenvalue weighted by Crippen LogP contribution is -2.44. The van der Waals surface area contributed by atoms with Gasteiger partial charge in [-0.3, -0.25) is 0 Å². The normalized spacial score (nSPS) is 20.1. The van der Waals surface area contributed by atoms with E-state index in [-0.39, 0.29) is 0 Å². The van der Waals surface area contributed by atoms with Crippen molar-refractivity contribution in [3.63, 3.8) is 0 Å². The van der Waals surface area contributed by atoms with E-state index in [2.05, 4.69) is 11.1 Å². The summed E-state index contributed by atoms with van der Waals surface area (Å²) < 4.78 is 1.95. The van der Waals surface area contributed by atoms with Crippen LogP contribution in [0.5, 0.6) is 0 Å². The highest BCUT2D eigenvalue weighted by Gasteiger charge is 2.43. The van der Waals surface area contributed by atoms with Gasteiger partial charge in [0.05, 0.1) is 12.6 Å². The minimum Gasteiger partial charge on any atom is -0.332 e. The van der Waals surface area contributed by atoms with Gasteiger partial charge < -0.3 is 10.3 Å². The van der Waals surface area contributed by atoms with Crippen LogP contribution in [0.25, 0.3) is 0 Å². The van der Waals surface area contributed by atoms with E-state index in [0.29, 0.717) is 12.5 Å². The molecule has 0 spiro atoms. The van der Waals surface area contributed by atoms with Crippen LogP contribution in [-0.2, 0) is 6.54 Å². The van der Waals surface area contributed by atoms with Crippen molar-refractivity contribution in [1.82, 2.24) is 9.55 Å². The van der Waals surface area contributed by atoms with Gasteiger partial charge in [0.1, 0.15) is 11.4 Å². The molecule has 14 heavy (non-hydrogen) atoms. The van der Waals surface area contributed by atoms with E-state index in [1.165, 1.54) is 0 Å². The third-order valence-electron chi connectivity index (χ3n) is 2.87. The summed E-state index contributed by atoms with van der Waals surface area (Å²) in [7, 11) is 0. The van der Waals surface area contributed by atoms with Crippen LogP contribution in [0.1, 0.15) is 18.7 Å². The molecule has 1 heterocycles. The van der Waals surface area contributed by atoms with Crippen molar-refractivity contribution >= 4 is 0 Å². The van der Waals surface area contributed by atoms with Crippen molar-refractivity contribution < 1.29 is 0 Å². The molecule has 0 amide bonds. The van der Waals surface area contributed by atoms with Gasteiger partial charge in [0, 0.05) is 12.4 Å². The van der Waals surface area contributed by atoms with E-state index in [1.807, 2.05) is 17.7 Å². The van der Waals surface area contributed by atoms with Crippen LogP contribution in [-0.4, -0.2) is 15.1 Å². The van der Waals surface area contributed by atoms with E-state index in [1.54, 1.807) is 6.20 Å². The van der Waals surface area contributed by atoms with Gasteiger partial charge in [-0.25, -0.2) is 4.98 Å². The molecule has 1 aromatic heterocycles. The number of aryl methyl sites for hydroxylation is 1. The molecule has 1 aliphatic carbocycles. The molecule has 2 rings (SSSR count). The minimum absolute atomic E-state index is 0.370. The molecule has 1 saturated carbocycles. The molecule has 0 radical (unpaired) electrons. The Morgan fingerprint density at radius 2 is 2.50 bits per heavy atom. The van der Waals surface area contributed by atoms with Crippen molar-refractivity contribution in [2.75, 3.05) is 0 Å². The Kier molecular flexibility index (Phi) is 2.05. The number of hydrogen-bond acceptors (Lipinski definition) is 3. The minimum atomic E-state index is -0.703. The second kappa shape index (κ2) is 3.10. The van der Waals surface area contributed by atoms with Crippen molar-refractivity contribution in [2.45, 2.75) is 31.8 Å². The van der Waals surface area contributed by atoms with E-state index < -0.39 is 5.54 Å². The first-order valence-electron chi connectivity index (χ1n) is 4.83. The fourth-order valence-corrected chi connectivity index (χ4v) is 1.71. The summed E-state index contributed by atoms with van der Waals surface area (Å²) in [5.74, 6) is 1.28. The zero-order valence-corrected chi connectivity index (χ0v) is 8.27. The van der Waals surface area contributed by atoms with Crippen molar-refractivity contribution in [2.24, 2.45) is 11.7 Å². The molecule has 0 aliphatic heterocycles. The van der Waals surface area contributed by atoms with Crippen LogP contribution in [0.3, 0.4) is 0 Å². The number of aromatic nitrogens is 2. The monoisotopic (exact) mass is 190 g/mol. The largest absolute Gasteiger partial charge is 0.332 e. The molecule has 74 valence electrons. The molecule has 2 N–H and O–H groups in total. The van der Waals surface area contributed by atoms with E-state index in [0.717, 1.165) is 18.7 Å². The van der Waals surface area contributed by atoms with Gasteiger partial charge in [0.15, 0.2) is 0 Å². The number of hydrogen-bond donors (Lipinski definition) is 1. The van der Waals surface area contributed by atoms with Gasteiger partial charge in [0.25, 0.3) is 0 Å². The Hall–Kier alpha value is -1.34. The summed E-state index contributed by atoms with van der Waals surface area (Å²) in [4.78, 5) is 4.11. The van der Waals surface area contributed by atoms with Crippen LogP contribution in [0.15, 0.2) is 12.4 Å². The van der Waals surface area contributed by atoms with Crippen LogP contribution in [0, 0.1) is 24.2 Å². The highest BCUT2D eigenvalue weighted by molar-refractivity contribution is 5.14. The molecule has 1 atom stereocenters. The second-order valence-electron chi connectivity index (χ2n) is 4.03. The van der Waals surface area contributed by atoms with Gasteiger partial charge in [-0.05, 0) is 25.7 Å². The Balaban J connectivity index is 2.16. The van der Waals surface area contributed by atoms with Crippen molar-refractivity contribution in [3.8, 4) is 6.07 Å². The van der Waals surface area contributed by atoms with Gasteiger partial charge in [-0.2, -0.15) is 5.26 Å². The molecule has 0 aromatic carbocycles. The summed E-state index contributed by atoms with van der Waals surface area (Å²) in [5.41, 5.74) is 5.35. The zero-order chi connectivity index (χ0) is 10.2. The Labute approximate surface area is 83.4 Å². The van der Waals surface area contributed by atoms with Gasteiger partial charge >= 0.3 is 0 Å². The average molecular weight is 190 g/mol. The summed E-state index contributed by atoms with van der Waals surface area (Å²) in [6, 6.07) is 2.24. The molecular formula is C10H14N4. The molecular weight excluding hydrogens is 176 g/mol. The van der Waals surface area contributed by atoms with E-state index in [9.17, 15) is 0 Å². The first-order chi connectivity index (χ1) is 6.65. The lowest BCUT2D eigenvalue weighted by atomic mass is 9.96. The lowest BCUT2D eigenvalue weighted by Gasteiger charge is -2.22. The summed E-state index contributed by atoms with van der Waals surface area (Å²) in [6.07, 6.45) is 5.77. The van der Waals surface area contributed by atoms with Crippen molar-refractivity contribution in [3.05, 3.63) is 18.2 Å². The lowest BCUT2D eigenvalue weighted by molar-refractivity contribution is 0.401. The molecule has 1 fully saturated rings. The summed E-state index contributed by atoms with van der Waals surface area (Å²) in [5, 5.41) is 9.08. The van der Waals surface area contributed by atoms with Crippen LogP contribution < -0.4 is 5.73 Å². The van der Waals surface area contributed by atoms with E-state index >= 15 is 0 Å². The first-order valence-corrected chi connectivity index (χ1v) is 4.83. The number of nitrogens with two attached hydrogens (primary N) is 1. The second-order valence-corrected chi connectivity index (χ2v) is 4.03. The van der Waals surface area contributed by atoms with Gasteiger partial charge in [-0.15, -0.1) is 0 Å². The maximum Gasteiger partial charge on any atom is 0.125 e.